The molecule has 0 saturated carbocycles. The highest BCUT2D eigenvalue weighted by Gasteiger charge is 2.17. The molecule has 5 N–H and O–H groups in total. The van der Waals surface area contributed by atoms with Crippen molar-refractivity contribution in [2.75, 3.05) is 24.7 Å². The quantitative estimate of drug-likeness (QED) is 0.165. The molecule has 9 nitrogen and oxygen atoms in total. The van der Waals surface area contributed by atoms with Gasteiger partial charge < -0.3 is 26.4 Å². The third-order valence-electron chi connectivity index (χ3n) is 5.25. The molecule has 0 unspecified atom stereocenters. The number of nitrogens with one attached hydrogen (secondary N) is 5. The number of rotatable bonds is 6. The SMILES string of the molecule is CNc1nc(-c2ccccc2F)[nH]c(=O)c1C(C)=N.CNc1nc(-c2ccccc2F)nc(Cl)c1C(C)=N. The second kappa shape index (κ2) is 12.2. The molecule has 0 aliphatic rings. The Morgan fingerprint density at radius 1 is 0.816 bits per heavy atom. The molecule has 2 aromatic carbocycles. The van der Waals surface area contributed by atoms with E-state index in [2.05, 4.69) is 30.6 Å². The summed E-state index contributed by atoms with van der Waals surface area (Å²) in [5, 5.41) is 21.0. The van der Waals surface area contributed by atoms with Crippen LogP contribution in [-0.4, -0.2) is 45.5 Å². The topological polar surface area (TPSA) is 143 Å². The Balaban J connectivity index is 0.000000211. The number of aromatic amines is 1. The summed E-state index contributed by atoms with van der Waals surface area (Å²) in [6.07, 6.45) is 0. The van der Waals surface area contributed by atoms with Crippen molar-refractivity contribution in [3.8, 4) is 22.8 Å². The van der Waals surface area contributed by atoms with Crippen LogP contribution >= 0.6 is 11.6 Å². The molecule has 0 aliphatic carbocycles. The summed E-state index contributed by atoms with van der Waals surface area (Å²) in [5.74, 6) is 0.113. The van der Waals surface area contributed by atoms with E-state index in [1.165, 1.54) is 25.1 Å². The molecule has 0 fully saturated rings. The first-order valence-electron chi connectivity index (χ1n) is 11.3. The molecule has 0 aliphatic heterocycles. The maximum Gasteiger partial charge on any atom is 0.262 e. The predicted molar refractivity (Wildman–Crippen MR) is 147 cm³/mol. The van der Waals surface area contributed by atoms with E-state index in [-0.39, 0.29) is 50.7 Å². The number of hydrogen-bond acceptors (Lipinski definition) is 8. The molecule has 0 bridgehead atoms. The van der Waals surface area contributed by atoms with Gasteiger partial charge in [0, 0.05) is 25.5 Å². The maximum absolute atomic E-state index is 13.7. The summed E-state index contributed by atoms with van der Waals surface area (Å²) in [7, 11) is 3.26. The van der Waals surface area contributed by atoms with Crippen LogP contribution in [0.1, 0.15) is 25.0 Å². The first kappa shape index (κ1) is 28.1. The fourth-order valence-corrected chi connectivity index (χ4v) is 3.80. The molecule has 0 spiro atoms. The first-order chi connectivity index (χ1) is 18.1. The lowest BCUT2D eigenvalue weighted by Crippen LogP contribution is -2.21. The Labute approximate surface area is 222 Å². The van der Waals surface area contributed by atoms with Crippen molar-refractivity contribution in [2.24, 2.45) is 0 Å². The van der Waals surface area contributed by atoms with Gasteiger partial charge in [0.05, 0.1) is 16.7 Å². The van der Waals surface area contributed by atoms with Crippen molar-refractivity contribution in [2.45, 2.75) is 13.8 Å². The number of aromatic nitrogens is 4. The van der Waals surface area contributed by atoms with Crippen molar-refractivity contribution in [3.63, 3.8) is 0 Å². The second-order valence-corrected chi connectivity index (χ2v) is 8.27. The zero-order valence-corrected chi connectivity index (χ0v) is 21.8. The van der Waals surface area contributed by atoms with Gasteiger partial charge >= 0.3 is 0 Å². The van der Waals surface area contributed by atoms with Crippen LogP contribution in [0.2, 0.25) is 5.15 Å². The summed E-state index contributed by atoms with van der Waals surface area (Å²) >= 11 is 6.06. The highest BCUT2D eigenvalue weighted by molar-refractivity contribution is 6.33. The first-order valence-corrected chi connectivity index (χ1v) is 11.6. The predicted octanol–water partition coefficient (Wildman–Crippen LogP) is 5.37. The summed E-state index contributed by atoms with van der Waals surface area (Å²) < 4.78 is 27.4. The molecular formula is C26H25ClF2N8O. The Morgan fingerprint density at radius 3 is 1.82 bits per heavy atom. The van der Waals surface area contributed by atoms with Gasteiger partial charge in [-0.15, -0.1) is 0 Å². The van der Waals surface area contributed by atoms with Crippen molar-refractivity contribution >= 4 is 34.7 Å². The monoisotopic (exact) mass is 538 g/mol. The Morgan fingerprint density at radius 2 is 1.32 bits per heavy atom. The molecular weight excluding hydrogens is 514 g/mol. The third-order valence-corrected chi connectivity index (χ3v) is 5.53. The smallest absolute Gasteiger partial charge is 0.262 e. The molecule has 4 rings (SSSR count). The molecule has 0 amide bonds. The van der Waals surface area contributed by atoms with Crippen LogP contribution in [0.25, 0.3) is 22.8 Å². The maximum atomic E-state index is 13.7. The molecule has 38 heavy (non-hydrogen) atoms. The van der Waals surface area contributed by atoms with E-state index in [1.807, 2.05) is 0 Å². The van der Waals surface area contributed by atoms with Crippen LogP contribution in [0.15, 0.2) is 53.3 Å². The number of halogens is 3. The Hall–Kier alpha value is -4.51. The minimum absolute atomic E-state index is 0.0955. The van der Waals surface area contributed by atoms with Gasteiger partial charge in [0.2, 0.25) is 0 Å². The number of nitrogens with zero attached hydrogens (tertiary/aromatic N) is 3. The van der Waals surface area contributed by atoms with Crippen molar-refractivity contribution in [1.29, 1.82) is 10.8 Å². The summed E-state index contributed by atoms with van der Waals surface area (Å²) in [6.45, 7) is 3.09. The van der Waals surface area contributed by atoms with Crippen molar-refractivity contribution in [3.05, 3.63) is 86.8 Å². The highest BCUT2D eigenvalue weighted by Crippen LogP contribution is 2.27. The van der Waals surface area contributed by atoms with Crippen LogP contribution < -0.4 is 16.2 Å². The molecule has 0 radical (unpaired) electrons. The van der Waals surface area contributed by atoms with Crippen LogP contribution in [0.4, 0.5) is 20.4 Å². The highest BCUT2D eigenvalue weighted by atomic mass is 35.5. The standard InChI is InChI=1S/C13H12ClFN4.C13H13FN4O/c1-7(16)10-11(14)18-12(19-13(10)17-2)8-5-3-4-6-9(8)15;1-7(15)10-12(16-2)17-11(18-13(10)19)8-5-3-4-6-9(8)14/h3-6,16H,1-2H3,(H,17,18,19);3-6,15H,1-2H3,(H2,16,17,18,19). The van der Waals surface area contributed by atoms with Crippen molar-refractivity contribution < 1.29 is 8.78 Å². The van der Waals surface area contributed by atoms with E-state index in [0.717, 1.165) is 0 Å². The van der Waals surface area contributed by atoms with Crippen LogP contribution in [-0.2, 0) is 0 Å². The summed E-state index contributed by atoms with van der Waals surface area (Å²) in [4.78, 5) is 26.9. The molecule has 2 heterocycles. The van der Waals surface area contributed by atoms with Gasteiger partial charge in [-0.05, 0) is 38.1 Å². The van der Waals surface area contributed by atoms with Gasteiger partial charge in [0.25, 0.3) is 5.56 Å². The minimum Gasteiger partial charge on any atom is -0.372 e. The number of benzene rings is 2. The van der Waals surface area contributed by atoms with Gasteiger partial charge in [0.1, 0.15) is 39.8 Å². The van der Waals surface area contributed by atoms with E-state index in [4.69, 9.17) is 22.4 Å². The number of hydrogen-bond donors (Lipinski definition) is 5. The molecule has 12 heteroatoms. The van der Waals surface area contributed by atoms with Gasteiger partial charge in [-0.1, -0.05) is 35.9 Å². The van der Waals surface area contributed by atoms with E-state index in [1.54, 1.807) is 51.4 Å². The van der Waals surface area contributed by atoms with Crippen LogP contribution in [0.3, 0.4) is 0 Å². The minimum atomic E-state index is -0.467. The molecule has 2 aromatic heterocycles. The molecule has 0 atom stereocenters. The fraction of sp³-hybridized carbons (Fsp3) is 0.154. The molecule has 0 saturated heterocycles. The van der Waals surface area contributed by atoms with Gasteiger partial charge in [-0.25, -0.2) is 23.7 Å². The third kappa shape index (κ3) is 6.06. The van der Waals surface area contributed by atoms with Crippen LogP contribution in [0.5, 0.6) is 0 Å². The second-order valence-electron chi connectivity index (χ2n) is 7.91. The van der Waals surface area contributed by atoms with E-state index in [9.17, 15) is 13.6 Å². The van der Waals surface area contributed by atoms with Gasteiger partial charge in [-0.3, -0.25) is 4.79 Å². The summed E-state index contributed by atoms with van der Waals surface area (Å²) in [6, 6.07) is 12.3. The Kier molecular flexibility index (Phi) is 8.98. The van der Waals surface area contributed by atoms with E-state index >= 15 is 0 Å². The van der Waals surface area contributed by atoms with Gasteiger partial charge in [0.15, 0.2) is 5.82 Å². The normalized spacial score (nSPS) is 10.3. The van der Waals surface area contributed by atoms with Crippen molar-refractivity contribution in [1.82, 2.24) is 19.9 Å². The molecule has 4 aromatic rings. The zero-order valence-electron chi connectivity index (χ0n) is 21.0. The van der Waals surface area contributed by atoms with E-state index < -0.39 is 17.2 Å². The number of anilines is 2. The number of H-pyrrole nitrogens is 1. The largest absolute Gasteiger partial charge is 0.372 e. The lowest BCUT2D eigenvalue weighted by atomic mass is 10.1. The fourth-order valence-electron chi connectivity index (χ4n) is 3.49. The van der Waals surface area contributed by atoms with Gasteiger partial charge in [-0.2, -0.15) is 0 Å². The average molecular weight is 539 g/mol. The van der Waals surface area contributed by atoms with Crippen LogP contribution in [0, 0.1) is 22.5 Å². The Bertz CT molecular complexity index is 1570. The summed E-state index contributed by atoms with van der Waals surface area (Å²) in [5.41, 5.74) is 0.935. The lowest BCUT2D eigenvalue weighted by Gasteiger charge is -2.11. The average Bonchev–Trinajstić information content (AvgIpc) is 2.88. The zero-order chi connectivity index (χ0) is 28.0. The lowest BCUT2D eigenvalue weighted by molar-refractivity contribution is 0.629. The molecule has 196 valence electrons. The van der Waals surface area contributed by atoms with E-state index in [0.29, 0.717) is 11.4 Å².